The molecule has 1 spiro atoms. The highest BCUT2D eigenvalue weighted by molar-refractivity contribution is 5.20. The molecule has 20 heavy (non-hydrogen) atoms. The lowest BCUT2D eigenvalue weighted by Crippen LogP contribution is -2.54. The number of ether oxygens (including phenoxy) is 3. The molecule has 3 fully saturated rings. The standard InChI is InChI=1S/C16H26O4/c1-10(2)5-6-12-15(3,20-12)14-13(18-4)11(17)7-8-16(14)9-19-16/h5,11-14,17H,6-9H2,1-4H3/t11?,12?,13?,14?,15-,16?/m0/s1. The predicted molar refractivity (Wildman–Crippen MR) is 75.5 cm³/mol. The molecule has 1 saturated carbocycles. The monoisotopic (exact) mass is 282 g/mol. The van der Waals surface area contributed by atoms with E-state index in [9.17, 15) is 5.11 Å². The van der Waals surface area contributed by atoms with Gasteiger partial charge in [-0.25, -0.2) is 0 Å². The first-order chi connectivity index (χ1) is 9.43. The van der Waals surface area contributed by atoms with Gasteiger partial charge in [0, 0.05) is 7.11 Å². The number of aliphatic hydroxyl groups is 1. The minimum Gasteiger partial charge on any atom is -0.390 e. The quantitative estimate of drug-likeness (QED) is 0.633. The van der Waals surface area contributed by atoms with Crippen LogP contribution in [0.15, 0.2) is 11.6 Å². The molecule has 1 aliphatic carbocycles. The van der Waals surface area contributed by atoms with E-state index < -0.39 is 6.10 Å². The van der Waals surface area contributed by atoms with Crippen LogP contribution in [0.3, 0.4) is 0 Å². The molecule has 2 heterocycles. The van der Waals surface area contributed by atoms with Crippen molar-refractivity contribution in [3.05, 3.63) is 11.6 Å². The lowest BCUT2D eigenvalue weighted by atomic mass is 9.68. The van der Waals surface area contributed by atoms with Crippen LogP contribution in [0.2, 0.25) is 0 Å². The number of methoxy groups -OCH3 is 1. The Balaban J connectivity index is 1.78. The fourth-order valence-corrected chi connectivity index (χ4v) is 3.96. The molecule has 114 valence electrons. The van der Waals surface area contributed by atoms with Gasteiger partial charge >= 0.3 is 0 Å². The molecule has 3 rings (SSSR count). The van der Waals surface area contributed by atoms with E-state index in [4.69, 9.17) is 14.2 Å². The molecular weight excluding hydrogens is 256 g/mol. The number of allylic oxidation sites excluding steroid dienone is 1. The number of hydrogen-bond acceptors (Lipinski definition) is 4. The first kappa shape index (κ1) is 14.5. The first-order valence-corrected chi connectivity index (χ1v) is 7.59. The van der Waals surface area contributed by atoms with Gasteiger partial charge in [-0.2, -0.15) is 0 Å². The van der Waals surface area contributed by atoms with Gasteiger partial charge < -0.3 is 19.3 Å². The summed E-state index contributed by atoms with van der Waals surface area (Å²) in [5, 5.41) is 10.2. The third kappa shape index (κ3) is 2.23. The van der Waals surface area contributed by atoms with Gasteiger partial charge in [0.1, 0.15) is 5.60 Å². The number of hydrogen-bond donors (Lipinski definition) is 1. The van der Waals surface area contributed by atoms with Crippen LogP contribution >= 0.6 is 0 Å². The highest BCUT2D eigenvalue weighted by Gasteiger charge is 2.71. The van der Waals surface area contributed by atoms with Gasteiger partial charge in [-0.05, 0) is 40.0 Å². The molecule has 0 aromatic rings. The molecule has 6 atom stereocenters. The average Bonchev–Trinajstić information content (AvgIpc) is 3.29. The van der Waals surface area contributed by atoms with Crippen molar-refractivity contribution in [1.29, 1.82) is 0 Å². The number of rotatable bonds is 4. The smallest absolute Gasteiger partial charge is 0.101 e. The van der Waals surface area contributed by atoms with Gasteiger partial charge in [-0.15, -0.1) is 0 Å². The zero-order valence-corrected chi connectivity index (χ0v) is 12.9. The van der Waals surface area contributed by atoms with E-state index in [1.165, 1.54) is 5.57 Å². The van der Waals surface area contributed by atoms with Gasteiger partial charge in [0.2, 0.25) is 0 Å². The summed E-state index contributed by atoms with van der Waals surface area (Å²) >= 11 is 0. The normalized spacial score (nSPS) is 50.0. The van der Waals surface area contributed by atoms with Crippen molar-refractivity contribution in [3.63, 3.8) is 0 Å². The topological polar surface area (TPSA) is 54.5 Å². The third-order valence-corrected chi connectivity index (χ3v) is 5.26. The number of aliphatic hydroxyl groups excluding tert-OH is 1. The van der Waals surface area contributed by atoms with Crippen LogP contribution in [0.1, 0.15) is 40.0 Å². The molecule has 1 N–H and O–H groups in total. The largest absolute Gasteiger partial charge is 0.390 e. The Morgan fingerprint density at radius 1 is 1.45 bits per heavy atom. The lowest BCUT2D eigenvalue weighted by Gasteiger charge is -2.41. The molecule has 5 unspecified atom stereocenters. The lowest BCUT2D eigenvalue weighted by molar-refractivity contribution is -0.116. The second kappa shape index (κ2) is 4.80. The summed E-state index contributed by atoms with van der Waals surface area (Å²) < 4.78 is 17.4. The minimum atomic E-state index is -0.412. The molecule has 2 saturated heterocycles. The second-order valence-electron chi connectivity index (χ2n) is 6.94. The van der Waals surface area contributed by atoms with E-state index in [2.05, 4.69) is 26.8 Å². The fraction of sp³-hybridized carbons (Fsp3) is 0.875. The highest BCUT2D eigenvalue weighted by atomic mass is 16.6. The summed E-state index contributed by atoms with van der Waals surface area (Å²) in [4.78, 5) is 0. The molecule has 4 heteroatoms. The molecule has 4 nitrogen and oxygen atoms in total. The Morgan fingerprint density at radius 3 is 2.70 bits per heavy atom. The van der Waals surface area contributed by atoms with E-state index in [1.54, 1.807) is 7.11 Å². The van der Waals surface area contributed by atoms with Crippen molar-refractivity contribution >= 4 is 0 Å². The summed E-state index contributed by atoms with van der Waals surface area (Å²) in [6.07, 6.45) is 4.43. The van der Waals surface area contributed by atoms with Crippen LogP contribution in [0.4, 0.5) is 0 Å². The molecular formula is C16H26O4. The van der Waals surface area contributed by atoms with Crippen LogP contribution in [0.5, 0.6) is 0 Å². The summed E-state index contributed by atoms with van der Waals surface area (Å²) in [6.45, 7) is 7.13. The zero-order valence-electron chi connectivity index (χ0n) is 12.9. The summed E-state index contributed by atoms with van der Waals surface area (Å²) in [5.41, 5.74) is 0.964. The maximum Gasteiger partial charge on any atom is 0.101 e. The van der Waals surface area contributed by atoms with E-state index in [-0.39, 0.29) is 29.3 Å². The van der Waals surface area contributed by atoms with Crippen LogP contribution in [0, 0.1) is 5.92 Å². The molecule has 0 amide bonds. The van der Waals surface area contributed by atoms with E-state index in [1.807, 2.05) is 0 Å². The molecule has 0 bridgehead atoms. The van der Waals surface area contributed by atoms with Crippen molar-refractivity contribution in [2.45, 2.75) is 69.5 Å². The van der Waals surface area contributed by atoms with Gasteiger partial charge in [0.15, 0.2) is 0 Å². The summed E-state index contributed by atoms with van der Waals surface area (Å²) in [7, 11) is 1.68. The minimum absolute atomic E-state index is 0.117. The molecule has 2 aliphatic heterocycles. The Kier molecular flexibility index (Phi) is 3.49. The van der Waals surface area contributed by atoms with Gasteiger partial charge in [-0.1, -0.05) is 11.6 Å². The van der Waals surface area contributed by atoms with Crippen molar-refractivity contribution in [2.75, 3.05) is 13.7 Å². The molecule has 0 aromatic carbocycles. The zero-order chi connectivity index (χ0) is 14.5. The second-order valence-corrected chi connectivity index (χ2v) is 6.94. The van der Waals surface area contributed by atoms with Gasteiger partial charge in [0.25, 0.3) is 0 Å². The van der Waals surface area contributed by atoms with Crippen molar-refractivity contribution < 1.29 is 19.3 Å². The average molecular weight is 282 g/mol. The maximum atomic E-state index is 10.2. The van der Waals surface area contributed by atoms with E-state index in [0.29, 0.717) is 0 Å². The van der Waals surface area contributed by atoms with Gasteiger partial charge in [0.05, 0.1) is 36.4 Å². The van der Waals surface area contributed by atoms with Crippen LogP contribution in [-0.2, 0) is 14.2 Å². The van der Waals surface area contributed by atoms with Crippen molar-refractivity contribution in [2.24, 2.45) is 5.92 Å². The molecule has 0 radical (unpaired) electrons. The SMILES string of the molecule is COC1C(O)CCC2(CO2)C1[C@@]1(C)OC1CC=C(C)C. The number of epoxide rings is 2. The van der Waals surface area contributed by atoms with Gasteiger partial charge in [-0.3, -0.25) is 0 Å². The van der Waals surface area contributed by atoms with Crippen molar-refractivity contribution in [1.82, 2.24) is 0 Å². The Labute approximate surface area is 121 Å². The predicted octanol–water partition coefficient (Wildman–Crippen LogP) is 2.06. The van der Waals surface area contributed by atoms with Crippen LogP contribution in [0.25, 0.3) is 0 Å². The van der Waals surface area contributed by atoms with Crippen LogP contribution < -0.4 is 0 Å². The molecule has 3 aliphatic rings. The Bertz CT molecular complexity index is 411. The van der Waals surface area contributed by atoms with Crippen molar-refractivity contribution in [3.8, 4) is 0 Å². The van der Waals surface area contributed by atoms with E-state index >= 15 is 0 Å². The molecule has 0 aromatic heterocycles. The Morgan fingerprint density at radius 2 is 2.15 bits per heavy atom. The first-order valence-electron chi connectivity index (χ1n) is 7.59. The summed E-state index contributed by atoms with van der Waals surface area (Å²) in [6, 6.07) is 0. The third-order valence-electron chi connectivity index (χ3n) is 5.26. The fourth-order valence-electron chi connectivity index (χ4n) is 3.96. The maximum absolute atomic E-state index is 10.2. The van der Waals surface area contributed by atoms with Crippen LogP contribution in [-0.4, -0.2) is 48.3 Å². The highest BCUT2D eigenvalue weighted by Crippen LogP contribution is 2.59. The Hall–Kier alpha value is -0.420. The van der Waals surface area contributed by atoms with E-state index in [0.717, 1.165) is 25.9 Å². The summed E-state index contributed by atoms with van der Waals surface area (Å²) in [5.74, 6) is 0.124.